The number of hydrogen-bond donors (Lipinski definition) is 1. The van der Waals surface area contributed by atoms with E-state index in [1.54, 1.807) is 12.1 Å². The molecule has 0 aliphatic carbocycles. The maximum atomic E-state index is 11.9. The second-order valence-electron chi connectivity index (χ2n) is 4.36. The Kier molecular flexibility index (Phi) is 3.90. The van der Waals surface area contributed by atoms with Crippen molar-refractivity contribution in [3.05, 3.63) is 29.6 Å². The summed E-state index contributed by atoms with van der Waals surface area (Å²) in [5, 5.41) is 11.5. The lowest BCUT2D eigenvalue weighted by Crippen LogP contribution is -2.41. The topological polar surface area (TPSA) is 75.0 Å². The zero-order valence-electron chi connectivity index (χ0n) is 10.2. The molecule has 0 bridgehead atoms. The van der Waals surface area contributed by atoms with Crippen LogP contribution in [0.3, 0.4) is 0 Å². The van der Waals surface area contributed by atoms with Crippen molar-refractivity contribution in [3.63, 3.8) is 0 Å². The lowest BCUT2D eigenvalue weighted by molar-refractivity contribution is 0.0709. The first kappa shape index (κ1) is 12.5. The van der Waals surface area contributed by atoms with Gasteiger partial charge in [-0.15, -0.1) is 0 Å². The third-order valence-corrected chi connectivity index (χ3v) is 3.01. The molecule has 1 fully saturated rings. The molecule has 5 nitrogen and oxygen atoms in total. The minimum Gasteiger partial charge on any atom is -0.376 e. The molecule has 1 aliphatic rings. The standard InChI is InChI=1S/C13H15N3O2/c1-9(12-3-2-6-18-12)16-13(17)11-5-4-10(7-14)8-15-11/h4-5,8-9,12H,2-3,6H2,1H3,(H,16,17). The van der Waals surface area contributed by atoms with Crippen LogP contribution >= 0.6 is 0 Å². The number of amides is 1. The van der Waals surface area contributed by atoms with Crippen LogP contribution in [0.4, 0.5) is 0 Å². The quantitative estimate of drug-likeness (QED) is 0.869. The first-order chi connectivity index (χ1) is 8.70. The fourth-order valence-corrected chi connectivity index (χ4v) is 1.96. The molecular weight excluding hydrogens is 230 g/mol. The monoisotopic (exact) mass is 245 g/mol. The molecule has 1 amide bonds. The number of nitrogens with zero attached hydrogens (tertiary/aromatic N) is 2. The van der Waals surface area contributed by atoms with Crippen molar-refractivity contribution < 1.29 is 9.53 Å². The molecule has 0 saturated carbocycles. The van der Waals surface area contributed by atoms with Gasteiger partial charge in [-0.3, -0.25) is 4.79 Å². The van der Waals surface area contributed by atoms with Crippen LogP contribution < -0.4 is 5.32 Å². The van der Waals surface area contributed by atoms with E-state index in [1.165, 1.54) is 6.20 Å². The number of pyridine rings is 1. The Hall–Kier alpha value is -1.93. The average molecular weight is 245 g/mol. The molecule has 2 atom stereocenters. The Balaban J connectivity index is 1.96. The smallest absolute Gasteiger partial charge is 0.270 e. The summed E-state index contributed by atoms with van der Waals surface area (Å²) >= 11 is 0. The van der Waals surface area contributed by atoms with Crippen LogP contribution in [0.2, 0.25) is 0 Å². The number of hydrogen-bond acceptors (Lipinski definition) is 4. The Morgan fingerprint density at radius 2 is 2.50 bits per heavy atom. The Bertz CT molecular complexity index is 458. The van der Waals surface area contributed by atoms with Crippen LogP contribution in [0.5, 0.6) is 0 Å². The zero-order chi connectivity index (χ0) is 13.0. The van der Waals surface area contributed by atoms with Gasteiger partial charge in [-0.2, -0.15) is 5.26 Å². The number of carbonyl (C=O) groups excluding carboxylic acids is 1. The summed E-state index contributed by atoms with van der Waals surface area (Å²) in [6, 6.07) is 5.07. The van der Waals surface area contributed by atoms with Gasteiger partial charge in [0.2, 0.25) is 0 Å². The summed E-state index contributed by atoms with van der Waals surface area (Å²) in [6.07, 6.45) is 3.50. The van der Waals surface area contributed by atoms with Gasteiger partial charge in [0.05, 0.1) is 17.7 Å². The van der Waals surface area contributed by atoms with Crippen LogP contribution in [0.25, 0.3) is 0 Å². The molecule has 5 heteroatoms. The highest BCUT2D eigenvalue weighted by Crippen LogP contribution is 2.15. The van der Waals surface area contributed by atoms with Crippen LogP contribution in [-0.2, 0) is 4.74 Å². The molecule has 0 aromatic carbocycles. The van der Waals surface area contributed by atoms with Crippen molar-refractivity contribution >= 4 is 5.91 Å². The molecule has 0 radical (unpaired) electrons. The molecule has 2 unspecified atom stereocenters. The van der Waals surface area contributed by atoms with Crippen molar-refractivity contribution in [2.75, 3.05) is 6.61 Å². The number of aromatic nitrogens is 1. The summed E-state index contributed by atoms with van der Waals surface area (Å²) in [5.41, 5.74) is 0.762. The third-order valence-electron chi connectivity index (χ3n) is 3.01. The van der Waals surface area contributed by atoms with Gasteiger partial charge in [-0.1, -0.05) is 0 Å². The van der Waals surface area contributed by atoms with E-state index in [4.69, 9.17) is 10.00 Å². The maximum absolute atomic E-state index is 11.9. The molecule has 18 heavy (non-hydrogen) atoms. The molecule has 2 heterocycles. The molecule has 1 aromatic heterocycles. The van der Waals surface area contributed by atoms with Gasteiger partial charge >= 0.3 is 0 Å². The Morgan fingerprint density at radius 1 is 1.67 bits per heavy atom. The molecule has 1 saturated heterocycles. The number of rotatable bonds is 3. The summed E-state index contributed by atoms with van der Waals surface area (Å²) in [5.74, 6) is -0.234. The van der Waals surface area contributed by atoms with Gasteiger partial charge in [0.15, 0.2) is 0 Å². The summed E-state index contributed by atoms with van der Waals surface area (Å²) in [7, 11) is 0. The first-order valence-electron chi connectivity index (χ1n) is 5.99. The highest BCUT2D eigenvalue weighted by atomic mass is 16.5. The van der Waals surface area contributed by atoms with E-state index < -0.39 is 0 Å². The fourth-order valence-electron chi connectivity index (χ4n) is 1.96. The van der Waals surface area contributed by atoms with Crippen molar-refractivity contribution in [1.82, 2.24) is 10.3 Å². The minimum absolute atomic E-state index is 0.0301. The van der Waals surface area contributed by atoms with Crippen molar-refractivity contribution in [1.29, 1.82) is 5.26 Å². The third kappa shape index (κ3) is 2.84. The van der Waals surface area contributed by atoms with Crippen LogP contribution in [0, 0.1) is 11.3 Å². The molecular formula is C13H15N3O2. The van der Waals surface area contributed by atoms with Gasteiger partial charge in [0, 0.05) is 12.8 Å². The van der Waals surface area contributed by atoms with E-state index in [0.717, 1.165) is 19.4 Å². The summed E-state index contributed by atoms with van der Waals surface area (Å²) in [6.45, 7) is 2.69. The fraction of sp³-hybridized carbons (Fsp3) is 0.462. The highest BCUT2D eigenvalue weighted by Gasteiger charge is 2.24. The largest absolute Gasteiger partial charge is 0.376 e. The molecule has 2 rings (SSSR count). The Morgan fingerprint density at radius 3 is 3.06 bits per heavy atom. The maximum Gasteiger partial charge on any atom is 0.270 e. The van der Waals surface area contributed by atoms with E-state index in [9.17, 15) is 4.79 Å². The van der Waals surface area contributed by atoms with Gasteiger partial charge in [0.25, 0.3) is 5.91 Å². The van der Waals surface area contributed by atoms with Crippen molar-refractivity contribution in [2.45, 2.75) is 31.9 Å². The van der Waals surface area contributed by atoms with Gasteiger partial charge < -0.3 is 10.1 Å². The van der Waals surface area contributed by atoms with E-state index in [0.29, 0.717) is 11.3 Å². The van der Waals surface area contributed by atoms with Gasteiger partial charge in [-0.05, 0) is 31.9 Å². The average Bonchev–Trinajstić information content (AvgIpc) is 2.92. The minimum atomic E-state index is -0.234. The molecule has 94 valence electrons. The number of nitriles is 1. The van der Waals surface area contributed by atoms with E-state index in [2.05, 4.69) is 10.3 Å². The van der Waals surface area contributed by atoms with E-state index >= 15 is 0 Å². The van der Waals surface area contributed by atoms with Crippen LogP contribution in [-0.4, -0.2) is 29.6 Å². The predicted molar refractivity (Wildman–Crippen MR) is 64.9 cm³/mol. The van der Waals surface area contributed by atoms with E-state index in [-0.39, 0.29) is 18.1 Å². The number of carbonyl (C=O) groups is 1. The SMILES string of the molecule is CC(NC(=O)c1ccc(C#N)cn1)C1CCCO1. The molecule has 1 aliphatic heterocycles. The highest BCUT2D eigenvalue weighted by molar-refractivity contribution is 5.92. The zero-order valence-corrected chi connectivity index (χ0v) is 10.2. The second kappa shape index (κ2) is 5.61. The number of nitrogens with one attached hydrogen (secondary N) is 1. The first-order valence-corrected chi connectivity index (χ1v) is 5.99. The molecule has 1 N–H and O–H groups in total. The molecule has 0 spiro atoms. The predicted octanol–water partition coefficient (Wildman–Crippen LogP) is 1.25. The number of ether oxygens (including phenoxy) is 1. The molecule has 1 aromatic rings. The van der Waals surface area contributed by atoms with Gasteiger partial charge in [0.1, 0.15) is 11.8 Å². The summed E-state index contributed by atoms with van der Waals surface area (Å²) < 4.78 is 5.51. The lowest BCUT2D eigenvalue weighted by atomic mass is 10.1. The summed E-state index contributed by atoms with van der Waals surface area (Å²) in [4.78, 5) is 15.9. The van der Waals surface area contributed by atoms with Crippen LogP contribution in [0.15, 0.2) is 18.3 Å². The van der Waals surface area contributed by atoms with Crippen molar-refractivity contribution in [3.8, 4) is 6.07 Å². The van der Waals surface area contributed by atoms with E-state index in [1.807, 2.05) is 13.0 Å². The van der Waals surface area contributed by atoms with Gasteiger partial charge in [-0.25, -0.2) is 4.98 Å². The Labute approximate surface area is 106 Å². The van der Waals surface area contributed by atoms with Crippen LogP contribution in [0.1, 0.15) is 35.8 Å². The lowest BCUT2D eigenvalue weighted by Gasteiger charge is -2.19. The van der Waals surface area contributed by atoms with Crippen molar-refractivity contribution in [2.24, 2.45) is 0 Å². The second-order valence-corrected chi connectivity index (χ2v) is 4.36. The normalized spacial score (nSPS) is 20.1.